The normalized spacial score (nSPS) is 14.3. The molecule has 0 aromatic heterocycles. The van der Waals surface area contributed by atoms with Crippen LogP contribution in [0.1, 0.15) is 30.1 Å². The van der Waals surface area contributed by atoms with Gasteiger partial charge in [-0.15, -0.1) is 0 Å². The van der Waals surface area contributed by atoms with Crippen molar-refractivity contribution in [3.63, 3.8) is 0 Å². The van der Waals surface area contributed by atoms with Crippen molar-refractivity contribution < 1.29 is 29.0 Å². The maximum Gasteiger partial charge on any atom is 0.409 e. The lowest BCUT2D eigenvalue weighted by Crippen LogP contribution is -2.56. The number of carboxylic acid groups (broad SMARTS) is 1. The van der Waals surface area contributed by atoms with E-state index in [0.29, 0.717) is 18.7 Å². The highest BCUT2D eigenvalue weighted by Gasteiger charge is 2.30. The number of nitrogens with zero attached hydrogens (tertiary/aromatic N) is 2. The van der Waals surface area contributed by atoms with Gasteiger partial charge in [0.1, 0.15) is 6.04 Å². The Balaban J connectivity index is 1.69. The summed E-state index contributed by atoms with van der Waals surface area (Å²) in [6.45, 7) is 3.17. The van der Waals surface area contributed by atoms with Crippen LogP contribution in [0.15, 0.2) is 54.6 Å². The van der Waals surface area contributed by atoms with E-state index in [1.165, 1.54) is 4.90 Å². The molecular formula is C25H29N3O6. The van der Waals surface area contributed by atoms with E-state index in [1.54, 1.807) is 30.0 Å². The van der Waals surface area contributed by atoms with Crippen molar-refractivity contribution in [1.82, 2.24) is 15.1 Å². The van der Waals surface area contributed by atoms with Crippen molar-refractivity contribution in [1.29, 1.82) is 0 Å². The summed E-state index contributed by atoms with van der Waals surface area (Å²) >= 11 is 0. The number of carboxylic acids is 1. The van der Waals surface area contributed by atoms with Gasteiger partial charge in [-0.05, 0) is 36.6 Å². The fourth-order valence-corrected chi connectivity index (χ4v) is 3.78. The zero-order valence-electron chi connectivity index (χ0n) is 19.1. The van der Waals surface area contributed by atoms with Gasteiger partial charge in [-0.25, -0.2) is 4.79 Å². The number of amides is 3. The summed E-state index contributed by atoms with van der Waals surface area (Å²) in [5.74, 6) is -1.87. The minimum Gasteiger partial charge on any atom is -0.481 e. The van der Waals surface area contributed by atoms with E-state index in [9.17, 15) is 19.2 Å². The fourth-order valence-electron chi connectivity index (χ4n) is 3.78. The van der Waals surface area contributed by atoms with Crippen LogP contribution in [0.2, 0.25) is 0 Å². The van der Waals surface area contributed by atoms with Crippen LogP contribution in [0.5, 0.6) is 0 Å². The molecule has 2 N–H and O–H groups in total. The minimum atomic E-state index is -1.05. The first-order valence-electron chi connectivity index (χ1n) is 11.3. The molecule has 9 nitrogen and oxygen atoms in total. The molecule has 34 heavy (non-hydrogen) atoms. The molecule has 180 valence electrons. The molecule has 1 atom stereocenters. The second kappa shape index (κ2) is 11.8. The third-order valence-electron chi connectivity index (χ3n) is 5.60. The molecule has 0 bridgehead atoms. The van der Waals surface area contributed by atoms with Gasteiger partial charge in [0.2, 0.25) is 5.91 Å². The molecule has 2 aromatic carbocycles. The number of nitrogens with one attached hydrogen (secondary N) is 1. The lowest BCUT2D eigenvalue weighted by Gasteiger charge is -2.36. The van der Waals surface area contributed by atoms with E-state index in [-0.39, 0.29) is 38.4 Å². The van der Waals surface area contributed by atoms with Gasteiger partial charge < -0.3 is 25.0 Å². The molecule has 3 amide bonds. The first-order valence-corrected chi connectivity index (χ1v) is 11.3. The first-order chi connectivity index (χ1) is 16.4. The molecular weight excluding hydrogens is 438 g/mol. The molecule has 1 heterocycles. The predicted molar refractivity (Wildman–Crippen MR) is 125 cm³/mol. The lowest BCUT2D eigenvalue weighted by molar-refractivity contribution is -0.138. The summed E-state index contributed by atoms with van der Waals surface area (Å²) in [5, 5.41) is 11.8. The third kappa shape index (κ3) is 6.57. The molecule has 1 fully saturated rings. The molecule has 2 aromatic rings. The zero-order valence-corrected chi connectivity index (χ0v) is 19.1. The Labute approximate surface area is 198 Å². The topological polar surface area (TPSA) is 116 Å². The summed E-state index contributed by atoms with van der Waals surface area (Å²) in [6.07, 6.45) is -0.719. The molecule has 0 aliphatic carbocycles. The van der Waals surface area contributed by atoms with Gasteiger partial charge in [-0.2, -0.15) is 0 Å². The monoisotopic (exact) mass is 467 g/mol. The summed E-state index contributed by atoms with van der Waals surface area (Å²) in [5.41, 5.74) is 2.19. The van der Waals surface area contributed by atoms with Gasteiger partial charge in [0.15, 0.2) is 0 Å². The van der Waals surface area contributed by atoms with Crippen molar-refractivity contribution in [2.45, 2.75) is 25.8 Å². The SMILES string of the molecule is CCOC(=O)N1CCN(C(=O)[C@H](CCC(=O)O)NC(=O)c2cccc(-c3ccccc3)c2)CC1. The van der Waals surface area contributed by atoms with Crippen molar-refractivity contribution in [3.05, 3.63) is 60.2 Å². The summed E-state index contributed by atoms with van der Waals surface area (Å²) < 4.78 is 4.99. The van der Waals surface area contributed by atoms with Crippen LogP contribution in [0.25, 0.3) is 11.1 Å². The van der Waals surface area contributed by atoms with E-state index >= 15 is 0 Å². The van der Waals surface area contributed by atoms with Crippen molar-refractivity contribution >= 4 is 23.9 Å². The molecule has 9 heteroatoms. The summed E-state index contributed by atoms with van der Waals surface area (Å²) in [6, 6.07) is 15.7. The summed E-state index contributed by atoms with van der Waals surface area (Å²) in [4.78, 5) is 52.2. The smallest absolute Gasteiger partial charge is 0.409 e. The molecule has 1 saturated heterocycles. The molecule has 1 aliphatic rings. The van der Waals surface area contributed by atoms with Gasteiger partial charge in [-0.1, -0.05) is 42.5 Å². The van der Waals surface area contributed by atoms with E-state index in [4.69, 9.17) is 9.84 Å². The van der Waals surface area contributed by atoms with E-state index < -0.39 is 24.0 Å². The van der Waals surface area contributed by atoms with Crippen molar-refractivity contribution in [2.75, 3.05) is 32.8 Å². The molecule has 3 rings (SSSR count). The molecule has 0 unspecified atom stereocenters. The lowest BCUT2D eigenvalue weighted by atomic mass is 10.0. The Bertz CT molecular complexity index is 1020. The molecule has 0 radical (unpaired) electrons. The van der Waals surface area contributed by atoms with Crippen molar-refractivity contribution in [3.8, 4) is 11.1 Å². The highest BCUT2D eigenvalue weighted by atomic mass is 16.6. The molecule has 0 saturated carbocycles. The second-order valence-electron chi connectivity index (χ2n) is 7.92. The van der Waals surface area contributed by atoms with Crippen LogP contribution in [0, 0.1) is 0 Å². The predicted octanol–water partition coefficient (Wildman–Crippen LogP) is 2.62. The highest BCUT2D eigenvalue weighted by molar-refractivity contribution is 5.98. The average molecular weight is 468 g/mol. The Kier molecular flexibility index (Phi) is 8.61. The fraction of sp³-hybridized carbons (Fsp3) is 0.360. The van der Waals surface area contributed by atoms with E-state index in [0.717, 1.165) is 11.1 Å². The van der Waals surface area contributed by atoms with E-state index in [1.807, 2.05) is 36.4 Å². The number of carbonyl (C=O) groups is 4. The Morgan fingerprint density at radius 1 is 0.941 bits per heavy atom. The number of rotatable bonds is 8. The van der Waals surface area contributed by atoms with Gasteiger partial charge in [0.25, 0.3) is 5.91 Å². The number of aliphatic carboxylic acids is 1. The standard InChI is InChI=1S/C25H29N3O6/c1-2-34-25(33)28-15-13-27(14-16-28)24(32)21(11-12-22(29)30)26-23(31)20-10-6-9-19(17-20)18-7-4-3-5-8-18/h3-10,17,21H,2,11-16H2,1H3,(H,26,31)(H,29,30)/t21-/m0/s1. The zero-order chi connectivity index (χ0) is 24.5. The second-order valence-corrected chi connectivity index (χ2v) is 7.92. The maximum atomic E-state index is 13.2. The van der Waals surface area contributed by atoms with Crippen LogP contribution in [-0.4, -0.2) is 77.6 Å². The molecule has 0 spiro atoms. The number of hydrogen-bond donors (Lipinski definition) is 2. The van der Waals surface area contributed by atoms with Gasteiger partial charge in [-0.3, -0.25) is 14.4 Å². The quantitative estimate of drug-likeness (QED) is 0.617. The van der Waals surface area contributed by atoms with Crippen LogP contribution < -0.4 is 5.32 Å². The maximum absolute atomic E-state index is 13.2. The number of hydrogen-bond acceptors (Lipinski definition) is 5. The average Bonchev–Trinajstić information content (AvgIpc) is 2.86. The van der Waals surface area contributed by atoms with E-state index in [2.05, 4.69) is 5.32 Å². The first kappa shape index (κ1) is 24.8. The number of carbonyl (C=O) groups excluding carboxylic acids is 3. The van der Waals surface area contributed by atoms with Crippen LogP contribution in [0.4, 0.5) is 4.79 Å². The Morgan fingerprint density at radius 2 is 1.59 bits per heavy atom. The van der Waals surface area contributed by atoms with Gasteiger partial charge >= 0.3 is 12.1 Å². The van der Waals surface area contributed by atoms with Gasteiger partial charge in [0, 0.05) is 38.2 Å². The number of piperazine rings is 1. The minimum absolute atomic E-state index is 0.0314. The van der Waals surface area contributed by atoms with Crippen LogP contribution in [0.3, 0.4) is 0 Å². The Hall–Kier alpha value is -3.88. The van der Waals surface area contributed by atoms with Crippen LogP contribution in [-0.2, 0) is 14.3 Å². The highest BCUT2D eigenvalue weighted by Crippen LogP contribution is 2.20. The largest absolute Gasteiger partial charge is 0.481 e. The van der Waals surface area contributed by atoms with Gasteiger partial charge in [0.05, 0.1) is 6.61 Å². The Morgan fingerprint density at radius 3 is 2.24 bits per heavy atom. The molecule has 1 aliphatic heterocycles. The third-order valence-corrected chi connectivity index (χ3v) is 5.60. The summed E-state index contributed by atoms with van der Waals surface area (Å²) in [7, 11) is 0. The number of ether oxygens (including phenoxy) is 1. The van der Waals surface area contributed by atoms with Crippen molar-refractivity contribution in [2.24, 2.45) is 0 Å². The number of benzene rings is 2. The van der Waals surface area contributed by atoms with Crippen LogP contribution >= 0.6 is 0 Å².